The van der Waals surface area contributed by atoms with Crippen LogP contribution in [0.3, 0.4) is 0 Å². The standard InChI is InChI=1S/C35H27F3N4O6/c36-35(37,38)48-25-11-9-24(10-12-25)39-32(44)22-8-13-29(41-17-20-14-23(19-41)28-5-3-7-31(43)42(28)18-20)27(16-22)40-33(45)26-15-21-4-1-2-6-30(21)47-34(26)46/h1-13,15-16,20,23H,14,17-19H2,(H,39,44)(H,40,45)/t20-,23+/m1/s1. The number of piperidine rings is 1. The van der Waals surface area contributed by atoms with Gasteiger partial charge in [-0.2, -0.15) is 0 Å². The molecule has 48 heavy (non-hydrogen) atoms. The van der Waals surface area contributed by atoms with Crippen LogP contribution in [0, 0.1) is 5.92 Å². The first-order valence-corrected chi connectivity index (χ1v) is 15.1. The van der Waals surface area contributed by atoms with Gasteiger partial charge in [0.1, 0.15) is 16.9 Å². The number of para-hydroxylation sites is 1. The van der Waals surface area contributed by atoms with Crippen molar-refractivity contribution in [3.05, 3.63) is 129 Å². The van der Waals surface area contributed by atoms with Crippen LogP contribution in [0.2, 0.25) is 0 Å². The molecule has 5 aromatic rings. The molecule has 2 bridgehead atoms. The topological polar surface area (TPSA) is 123 Å². The predicted octanol–water partition coefficient (Wildman–Crippen LogP) is 5.98. The normalized spacial score (nSPS) is 17.0. The third kappa shape index (κ3) is 6.26. The lowest BCUT2D eigenvalue weighted by molar-refractivity contribution is -0.274. The molecule has 2 aliphatic rings. The van der Waals surface area contributed by atoms with Crippen LogP contribution < -0.4 is 31.5 Å². The minimum atomic E-state index is -4.85. The molecule has 1 saturated heterocycles. The number of carbonyl (C=O) groups excluding carboxylic acids is 2. The van der Waals surface area contributed by atoms with Gasteiger partial charge in [0, 0.05) is 53.9 Å². The van der Waals surface area contributed by atoms with E-state index in [0.29, 0.717) is 36.3 Å². The summed E-state index contributed by atoms with van der Waals surface area (Å²) in [5, 5.41) is 6.01. The van der Waals surface area contributed by atoms with Crippen molar-refractivity contribution in [2.45, 2.75) is 25.2 Å². The van der Waals surface area contributed by atoms with E-state index in [9.17, 15) is 32.3 Å². The maximum absolute atomic E-state index is 13.6. The minimum Gasteiger partial charge on any atom is -0.422 e. The van der Waals surface area contributed by atoms with Crippen molar-refractivity contribution in [3.8, 4) is 5.75 Å². The van der Waals surface area contributed by atoms with E-state index in [1.165, 1.54) is 24.3 Å². The molecule has 0 spiro atoms. The third-order valence-electron chi connectivity index (χ3n) is 8.56. The number of anilines is 3. The fourth-order valence-corrected chi connectivity index (χ4v) is 6.50. The lowest BCUT2D eigenvalue weighted by atomic mass is 9.83. The number of nitrogens with zero attached hydrogens (tertiary/aromatic N) is 2. The number of fused-ring (bicyclic) bond motifs is 5. The maximum Gasteiger partial charge on any atom is 0.573 e. The number of nitrogens with one attached hydrogen (secondary N) is 2. The number of pyridine rings is 1. The SMILES string of the molecule is O=C(Nc1ccc(OC(F)(F)F)cc1)c1ccc(N2C[C@H]3C[C@@H](C2)c2cccc(=O)n2C3)c(NC(=O)c2cc3ccccc3oc2=O)c1. The highest BCUT2D eigenvalue weighted by molar-refractivity contribution is 6.09. The van der Waals surface area contributed by atoms with Gasteiger partial charge in [0.05, 0.1) is 11.4 Å². The molecular formula is C35H27F3N4O6. The number of carbonyl (C=O) groups is 2. The molecule has 2 amide bonds. The highest BCUT2D eigenvalue weighted by Gasteiger charge is 2.36. The molecule has 0 saturated carbocycles. The fraction of sp³-hybridized carbons (Fsp3) is 0.200. The highest BCUT2D eigenvalue weighted by atomic mass is 19.4. The summed E-state index contributed by atoms with van der Waals surface area (Å²) in [4.78, 5) is 54.4. The molecule has 7 rings (SSSR count). The van der Waals surface area contributed by atoms with E-state index in [0.717, 1.165) is 24.2 Å². The number of rotatable bonds is 6. The van der Waals surface area contributed by atoms with Crippen LogP contribution in [-0.4, -0.2) is 35.8 Å². The Hall–Kier alpha value is -5.85. The van der Waals surface area contributed by atoms with Crippen molar-refractivity contribution in [2.24, 2.45) is 5.92 Å². The quantitative estimate of drug-likeness (QED) is 0.216. The van der Waals surface area contributed by atoms with Crippen molar-refractivity contribution in [3.63, 3.8) is 0 Å². The number of benzene rings is 3. The summed E-state index contributed by atoms with van der Waals surface area (Å²) >= 11 is 0. The predicted molar refractivity (Wildman–Crippen MR) is 172 cm³/mol. The molecule has 0 unspecified atom stereocenters. The number of alkyl halides is 3. The summed E-state index contributed by atoms with van der Waals surface area (Å²) in [6.45, 7) is 1.67. The Kier molecular flexibility index (Phi) is 7.74. The zero-order valence-corrected chi connectivity index (χ0v) is 25.1. The zero-order valence-electron chi connectivity index (χ0n) is 25.1. The summed E-state index contributed by atoms with van der Waals surface area (Å²) in [5.74, 6) is -1.56. The first kappa shape index (κ1) is 30.8. The summed E-state index contributed by atoms with van der Waals surface area (Å²) in [6, 6.07) is 22.9. The number of hydrogen-bond donors (Lipinski definition) is 2. The van der Waals surface area contributed by atoms with E-state index < -0.39 is 29.6 Å². The average Bonchev–Trinajstić information content (AvgIpc) is 3.05. The molecule has 4 heterocycles. The molecule has 1 fully saturated rings. The van der Waals surface area contributed by atoms with Crippen molar-refractivity contribution < 1.29 is 31.9 Å². The van der Waals surface area contributed by atoms with E-state index in [4.69, 9.17) is 4.42 Å². The Morgan fingerprint density at radius 3 is 2.42 bits per heavy atom. The van der Waals surface area contributed by atoms with Crippen molar-refractivity contribution >= 4 is 39.8 Å². The van der Waals surface area contributed by atoms with Crippen LogP contribution in [-0.2, 0) is 6.54 Å². The highest BCUT2D eigenvalue weighted by Crippen LogP contribution is 2.39. The van der Waals surface area contributed by atoms with E-state index >= 15 is 0 Å². The molecular weight excluding hydrogens is 629 g/mol. The number of hydrogen-bond acceptors (Lipinski definition) is 7. The summed E-state index contributed by atoms with van der Waals surface area (Å²) < 4.78 is 48.7. The van der Waals surface area contributed by atoms with Crippen LogP contribution >= 0.6 is 0 Å². The molecule has 10 nitrogen and oxygen atoms in total. The van der Waals surface area contributed by atoms with Crippen LogP contribution in [0.4, 0.5) is 30.2 Å². The van der Waals surface area contributed by atoms with Gasteiger partial charge in [-0.05, 0) is 73.0 Å². The van der Waals surface area contributed by atoms with Gasteiger partial charge in [-0.3, -0.25) is 14.4 Å². The van der Waals surface area contributed by atoms with Gasteiger partial charge in [0.2, 0.25) is 0 Å². The average molecular weight is 657 g/mol. The molecule has 0 aliphatic carbocycles. The Morgan fingerprint density at radius 1 is 0.833 bits per heavy atom. The molecule has 2 aromatic heterocycles. The van der Waals surface area contributed by atoms with Crippen molar-refractivity contribution in [2.75, 3.05) is 28.6 Å². The Balaban J connectivity index is 1.20. The van der Waals surface area contributed by atoms with Gasteiger partial charge >= 0.3 is 12.0 Å². The lowest BCUT2D eigenvalue weighted by Crippen LogP contribution is -2.47. The minimum absolute atomic E-state index is 0.0456. The van der Waals surface area contributed by atoms with Gasteiger partial charge < -0.3 is 29.3 Å². The summed E-state index contributed by atoms with van der Waals surface area (Å²) in [5.41, 5.74) is 1.41. The van der Waals surface area contributed by atoms with Crippen LogP contribution in [0.1, 0.15) is 38.7 Å². The molecule has 2 aliphatic heterocycles. The molecule has 13 heteroatoms. The van der Waals surface area contributed by atoms with Gasteiger partial charge in [-0.15, -0.1) is 13.2 Å². The molecule has 2 atom stereocenters. The van der Waals surface area contributed by atoms with E-state index in [2.05, 4.69) is 20.3 Å². The Morgan fingerprint density at radius 2 is 1.62 bits per heavy atom. The second kappa shape index (κ2) is 12.1. The molecule has 2 N–H and O–H groups in total. The van der Waals surface area contributed by atoms with E-state index in [1.807, 2.05) is 10.6 Å². The van der Waals surface area contributed by atoms with Crippen LogP contribution in [0.5, 0.6) is 5.75 Å². The molecule has 244 valence electrons. The lowest BCUT2D eigenvalue weighted by Gasteiger charge is -2.44. The smallest absolute Gasteiger partial charge is 0.422 e. The first-order chi connectivity index (χ1) is 23.0. The van der Waals surface area contributed by atoms with E-state index in [1.54, 1.807) is 48.5 Å². The number of aromatic nitrogens is 1. The summed E-state index contributed by atoms with van der Waals surface area (Å²) in [6.07, 6.45) is -3.96. The maximum atomic E-state index is 13.6. The van der Waals surface area contributed by atoms with Crippen LogP contribution in [0.15, 0.2) is 105 Å². The Bertz CT molecular complexity index is 2180. The van der Waals surface area contributed by atoms with E-state index in [-0.39, 0.29) is 39.9 Å². The number of halogens is 3. The zero-order chi connectivity index (χ0) is 33.6. The third-order valence-corrected chi connectivity index (χ3v) is 8.56. The second-order valence-electron chi connectivity index (χ2n) is 11.8. The fourth-order valence-electron chi connectivity index (χ4n) is 6.50. The summed E-state index contributed by atoms with van der Waals surface area (Å²) in [7, 11) is 0. The monoisotopic (exact) mass is 656 g/mol. The van der Waals surface area contributed by atoms with Crippen LogP contribution in [0.25, 0.3) is 11.0 Å². The van der Waals surface area contributed by atoms with Crippen molar-refractivity contribution in [1.29, 1.82) is 0 Å². The van der Waals surface area contributed by atoms with Gasteiger partial charge in [0.15, 0.2) is 0 Å². The number of amides is 2. The van der Waals surface area contributed by atoms with Gasteiger partial charge in [0.25, 0.3) is 17.4 Å². The first-order valence-electron chi connectivity index (χ1n) is 15.1. The molecule has 3 aromatic carbocycles. The largest absolute Gasteiger partial charge is 0.573 e. The van der Waals surface area contributed by atoms with Gasteiger partial charge in [-0.1, -0.05) is 24.3 Å². The van der Waals surface area contributed by atoms with Crippen molar-refractivity contribution in [1.82, 2.24) is 4.57 Å². The van der Waals surface area contributed by atoms with Gasteiger partial charge in [-0.25, -0.2) is 4.79 Å². The Labute approximate surface area is 270 Å². The second-order valence-corrected chi connectivity index (χ2v) is 11.8. The number of ether oxygens (including phenoxy) is 1. The molecule has 0 radical (unpaired) electrons.